The van der Waals surface area contributed by atoms with Crippen LogP contribution < -0.4 is 15.5 Å². The largest absolute Gasteiger partial charge is 0.362 e. The highest BCUT2D eigenvalue weighted by atomic mass is 16.2. The Morgan fingerprint density at radius 2 is 1.76 bits per heavy atom. The van der Waals surface area contributed by atoms with Crippen molar-refractivity contribution >= 4 is 29.0 Å². The lowest BCUT2D eigenvalue weighted by Crippen LogP contribution is -2.38. The van der Waals surface area contributed by atoms with Crippen molar-refractivity contribution in [3.8, 4) is 0 Å². The summed E-state index contributed by atoms with van der Waals surface area (Å²) in [6.07, 6.45) is 1.68. The van der Waals surface area contributed by atoms with Gasteiger partial charge in [-0.3, -0.25) is 14.4 Å². The molecule has 0 radical (unpaired) electrons. The maximum atomic E-state index is 12.7. The van der Waals surface area contributed by atoms with Crippen LogP contribution in [-0.4, -0.2) is 36.7 Å². The van der Waals surface area contributed by atoms with Crippen LogP contribution in [0.1, 0.15) is 53.5 Å². The molecule has 0 saturated heterocycles. The number of fused-ring (bicyclic) bond motifs is 1. The lowest BCUT2D eigenvalue weighted by atomic mass is 9.95. The number of carbonyl (C=O) groups is 3. The maximum Gasteiger partial charge on any atom is 0.251 e. The first-order valence-corrected chi connectivity index (χ1v) is 9.94. The minimum Gasteiger partial charge on any atom is -0.362 e. The van der Waals surface area contributed by atoms with Crippen LogP contribution in [0.5, 0.6) is 0 Å². The zero-order chi connectivity index (χ0) is 21.0. The van der Waals surface area contributed by atoms with Gasteiger partial charge in [-0.15, -0.1) is 0 Å². The molecule has 3 rings (SSSR count). The molecular formula is C23H27N3O3. The second-order valence-corrected chi connectivity index (χ2v) is 7.61. The SMILES string of the molecule is CC(=O)c1ccccc1NC(=O)CN1CCCc2c(C(=O)NC(C)C)cccc21. The Balaban J connectivity index is 1.78. The molecule has 2 amide bonds. The number of nitrogens with zero attached hydrogens (tertiary/aromatic N) is 1. The predicted molar refractivity (Wildman–Crippen MR) is 115 cm³/mol. The van der Waals surface area contributed by atoms with Crippen LogP contribution in [0, 0.1) is 0 Å². The van der Waals surface area contributed by atoms with E-state index in [-0.39, 0.29) is 30.2 Å². The average molecular weight is 393 g/mol. The molecule has 2 aromatic carbocycles. The molecule has 1 aliphatic rings. The summed E-state index contributed by atoms with van der Waals surface area (Å²) in [5, 5.41) is 5.80. The number of amides is 2. The van der Waals surface area contributed by atoms with E-state index in [1.807, 2.05) is 36.9 Å². The van der Waals surface area contributed by atoms with Gasteiger partial charge in [0.15, 0.2) is 5.78 Å². The summed E-state index contributed by atoms with van der Waals surface area (Å²) >= 11 is 0. The summed E-state index contributed by atoms with van der Waals surface area (Å²) in [6, 6.07) is 12.7. The Morgan fingerprint density at radius 3 is 2.48 bits per heavy atom. The van der Waals surface area contributed by atoms with E-state index in [1.165, 1.54) is 6.92 Å². The van der Waals surface area contributed by atoms with Gasteiger partial charge in [0.05, 0.1) is 12.2 Å². The van der Waals surface area contributed by atoms with Gasteiger partial charge in [0, 0.05) is 29.4 Å². The van der Waals surface area contributed by atoms with E-state index in [4.69, 9.17) is 0 Å². The Labute approximate surface area is 171 Å². The summed E-state index contributed by atoms with van der Waals surface area (Å²) in [5.74, 6) is -0.368. The number of hydrogen-bond donors (Lipinski definition) is 2. The molecular weight excluding hydrogens is 366 g/mol. The molecule has 1 heterocycles. The van der Waals surface area contributed by atoms with E-state index >= 15 is 0 Å². The van der Waals surface area contributed by atoms with E-state index < -0.39 is 0 Å². The second kappa shape index (κ2) is 8.90. The highest BCUT2D eigenvalue weighted by molar-refractivity contribution is 6.04. The Bertz CT molecular complexity index is 937. The summed E-state index contributed by atoms with van der Waals surface area (Å²) in [7, 11) is 0. The number of Topliss-reactive ketones (excluding diaryl/α,β-unsaturated/α-hetero) is 1. The third kappa shape index (κ3) is 4.83. The predicted octanol–water partition coefficient (Wildman–Crippen LogP) is 3.42. The van der Waals surface area contributed by atoms with E-state index in [2.05, 4.69) is 10.6 Å². The van der Waals surface area contributed by atoms with Crippen LogP contribution in [0.2, 0.25) is 0 Å². The van der Waals surface area contributed by atoms with Crippen LogP contribution >= 0.6 is 0 Å². The minimum absolute atomic E-state index is 0.0603. The molecule has 0 saturated carbocycles. The normalized spacial score (nSPS) is 13.0. The molecule has 0 fully saturated rings. The third-order valence-electron chi connectivity index (χ3n) is 4.93. The van der Waals surface area contributed by atoms with Crippen LogP contribution in [0.15, 0.2) is 42.5 Å². The Morgan fingerprint density at radius 1 is 1.03 bits per heavy atom. The highest BCUT2D eigenvalue weighted by Gasteiger charge is 2.24. The molecule has 6 heteroatoms. The topological polar surface area (TPSA) is 78.5 Å². The number of hydrogen-bond acceptors (Lipinski definition) is 4. The van der Waals surface area contributed by atoms with E-state index in [0.29, 0.717) is 16.8 Å². The van der Waals surface area contributed by atoms with E-state index in [1.54, 1.807) is 24.3 Å². The third-order valence-corrected chi connectivity index (χ3v) is 4.93. The van der Waals surface area contributed by atoms with Crippen molar-refractivity contribution in [3.63, 3.8) is 0 Å². The van der Waals surface area contributed by atoms with Crippen molar-refractivity contribution in [1.29, 1.82) is 0 Å². The molecule has 1 aliphatic heterocycles. The standard InChI is InChI=1S/C23H27N3O3/c1-15(2)24-23(29)19-9-6-12-21-18(19)10-7-13-26(21)14-22(28)25-20-11-5-4-8-17(20)16(3)27/h4-6,8-9,11-12,15H,7,10,13-14H2,1-3H3,(H,24,29)(H,25,28). The van der Waals surface area contributed by atoms with Crippen molar-refractivity contribution in [2.24, 2.45) is 0 Å². The highest BCUT2D eigenvalue weighted by Crippen LogP contribution is 2.30. The van der Waals surface area contributed by atoms with Crippen LogP contribution in [0.3, 0.4) is 0 Å². The number of benzene rings is 2. The van der Waals surface area contributed by atoms with Crippen LogP contribution in [0.25, 0.3) is 0 Å². The number of para-hydroxylation sites is 1. The quantitative estimate of drug-likeness (QED) is 0.737. The molecule has 152 valence electrons. The molecule has 0 unspecified atom stereocenters. The van der Waals surface area contributed by atoms with E-state index in [0.717, 1.165) is 30.6 Å². The zero-order valence-corrected chi connectivity index (χ0v) is 17.1. The van der Waals surface area contributed by atoms with E-state index in [9.17, 15) is 14.4 Å². The molecule has 2 aromatic rings. The number of rotatable bonds is 6. The number of anilines is 2. The fourth-order valence-electron chi connectivity index (χ4n) is 3.68. The summed E-state index contributed by atoms with van der Waals surface area (Å²) in [5.41, 5.74) is 3.58. The van der Waals surface area contributed by atoms with Gasteiger partial charge in [0.2, 0.25) is 5.91 Å². The summed E-state index contributed by atoms with van der Waals surface area (Å²) in [4.78, 5) is 39.0. The van der Waals surface area contributed by atoms with Crippen molar-refractivity contribution < 1.29 is 14.4 Å². The number of ketones is 1. The number of carbonyl (C=O) groups excluding carboxylic acids is 3. The lowest BCUT2D eigenvalue weighted by molar-refractivity contribution is -0.115. The van der Waals surface area contributed by atoms with Gasteiger partial charge in [-0.05, 0) is 63.4 Å². The van der Waals surface area contributed by atoms with Gasteiger partial charge < -0.3 is 15.5 Å². The van der Waals surface area contributed by atoms with Crippen molar-refractivity contribution in [2.75, 3.05) is 23.3 Å². The molecule has 0 atom stereocenters. The molecule has 0 aromatic heterocycles. The number of nitrogens with one attached hydrogen (secondary N) is 2. The van der Waals surface area contributed by atoms with Crippen LogP contribution in [0.4, 0.5) is 11.4 Å². The fourth-order valence-corrected chi connectivity index (χ4v) is 3.68. The fraction of sp³-hybridized carbons (Fsp3) is 0.348. The first-order chi connectivity index (χ1) is 13.9. The lowest BCUT2D eigenvalue weighted by Gasteiger charge is -2.32. The van der Waals surface area contributed by atoms with Gasteiger partial charge in [0.1, 0.15) is 0 Å². The summed E-state index contributed by atoms with van der Waals surface area (Å²) in [6.45, 7) is 6.25. The van der Waals surface area contributed by atoms with Crippen molar-refractivity contribution in [3.05, 3.63) is 59.2 Å². The van der Waals surface area contributed by atoms with Gasteiger partial charge in [0.25, 0.3) is 5.91 Å². The average Bonchev–Trinajstić information content (AvgIpc) is 2.67. The molecule has 0 bridgehead atoms. The van der Waals surface area contributed by atoms with Gasteiger partial charge in [-0.25, -0.2) is 0 Å². The van der Waals surface area contributed by atoms with Crippen molar-refractivity contribution in [1.82, 2.24) is 5.32 Å². The molecule has 29 heavy (non-hydrogen) atoms. The smallest absolute Gasteiger partial charge is 0.251 e. The maximum absolute atomic E-state index is 12.7. The van der Waals surface area contributed by atoms with Crippen molar-refractivity contribution in [2.45, 2.75) is 39.7 Å². The van der Waals surface area contributed by atoms with Gasteiger partial charge >= 0.3 is 0 Å². The minimum atomic E-state index is -0.191. The van der Waals surface area contributed by atoms with Gasteiger partial charge in [-0.1, -0.05) is 18.2 Å². The Kier molecular flexibility index (Phi) is 6.32. The van der Waals surface area contributed by atoms with Crippen LogP contribution in [-0.2, 0) is 11.2 Å². The Hall–Kier alpha value is -3.15. The second-order valence-electron chi connectivity index (χ2n) is 7.61. The molecule has 0 spiro atoms. The summed E-state index contributed by atoms with van der Waals surface area (Å²) < 4.78 is 0. The monoisotopic (exact) mass is 393 g/mol. The molecule has 6 nitrogen and oxygen atoms in total. The first kappa shape index (κ1) is 20.6. The first-order valence-electron chi connectivity index (χ1n) is 9.94. The zero-order valence-electron chi connectivity index (χ0n) is 17.1. The molecule has 2 N–H and O–H groups in total. The van der Waals surface area contributed by atoms with Gasteiger partial charge in [-0.2, -0.15) is 0 Å². The molecule has 0 aliphatic carbocycles.